The molecule has 0 saturated carbocycles. The molecule has 1 aliphatic heterocycles. The lowest BCUT2D eigenvalue weighted by molar-refractivity contribution is 0.167. The van der Waals surface area contributed by atoms with Crippen LogP contribution >= 0.6 is 39.9 Å². The minimum absolute atomic E-state index is 0. The number of hydrogen-bond donors (Lipinski definition) is 2. The Bertz CT molecular complexity index is 312. The van der Waals surface area contributed by atoms with Gasteiger partial charge in [-0.25, -0.2) is 4.99 Å². The zero-order valence-electron chi connectivity index (χ0n) is 12.8. The van der Waals surface area contributed by atoms with Gasteiger partial charge in [0, 0.05) is 36.2 Å². The molecule has 0 aliphatic carbocycles. The molecule has 1 heterocycles. The third-order valence-corrected chi connectivity index (χ3v) is 3.60. The van der Waals surface area contributed by atoms with Crippen LogP contribution < -0.4 is 10.6 Å². The van der Waals surface area contributed by atoms with Crippen LogP contribution in [0, 0.1) is 0 Å². The first-order valence-corrected chi connectivity index (χ1v) is 7.94. The van der Waals surface area contributed by atoms with Gasteiger partial charge in [-0.3, -0.25) is 0 Å². The number of halogens is 2. The lowest BCUT2D eigenvalue weighted by atomic mass is 10.0. The minimum atomic E-state index is 0. The summed E-state index contributed by atoms with van der Waals surface area (Å²) >= 11 is 3.34. The van der Waals surface area contributed by atoms with Gasteiger partial charge in [-0.2, -0.15) is 0 Å². The Hall–Kier alpha value is 0.180. The number of guanidine groups is 1. The highest BCUT2D eigenvalue weighted by Gasteiger charge is 2.21. The molecular formula is C14H28BrIN4. The Kier molecular flexibility index (Phi) is 10.9. The van der Waals surface area contributed by atoms with Crippen LogP contribution in [0.3, 0.4) is 0 Å². The van der Waals surface area contributed by atoms with E-state index in [2.05, 4.69) is 63.8 Å². The van der Waals surface area contributed by atoms with Crippen molar-refractivity contribution in [1.82, 2.24) is 15.5 Å². The third-order valence-electron chi connectivity index (χ3n) is 3.35. The molecule has 4 nitrogen and oxygen atoms in total. The maximum atomic E-state index is 4.50. The molecule has 0 unspecified atom stereocenters. The first-order valence-electron chi connectivity index (χ1n) is 7.15. The van der Waals surface area contributed by atoms with E-state index in [9.17, 15) is 0 Å². The maximum Gasteiger partial charge on any atom is 0.191 e. The van der Waals surface area contributed by atoms with Gasteiger partial charge in [0.2, 0.25) is 0 Å². The van der Waals surface area contributed by atoms with Gasteiger partial charge in [-0.05, 0) is 33.6 Å². The molecule has 1 saturated heterocycles. The van der Waals surface area contributed by atoms with Crippen molar-refractivity contribution in [2.24, 2.45) is 4.99 Å². The number of aliphatic imine (C=N–C) groups is 1. The fourth-order valence-electron chi connectivity index (χ4n) is 2.24. The summed E-state index contributed by atoms with van der Waals surface area (Å²) in [4.78, 5) is 7.03. The summed E-state index contributed by atoms with van der Waals surface area (Å²) in [7, 11) is 0. The zero-order valence-corrected chi connectivity index (χ0v) is 16.7. The summed E-state index contributed by atoms with van der Waals surface area (Å²) in [5.41, 5.74) is 0. The summed E-state index contributed by atoms with van der Waals surface area (Å²) in [6.45, 7) is 14.2. The van der Waals surface area contributed by atoms with Crippen molar-refractivity contribution in [3.8, 4) is 0 Å². The maximum absolute atomic E-state index is 4.50. The van der Waals surface area contributed by atoms with Crippen molar-refractivity contribution in [3.63, 3.8) is 0 Å². The van der Waals surface area contributed by atoms with E-state index in [1.165, 1.54) is 25.9 Å². The second-order valence-corrected chi connectivity index (χ2v) is 6.38. The highest BCUT2D eigenvalue weighted by molar-refractivity contribution is 14.0. The highest BCUT2D eigenvalue weighted by atomic mass is 127. The van der Waals surface area contributed by atoms with E-state index in [1.54, 1.807) is 0 Å². The summed E-state index contributed by atoms with van der Waals surface area (Å²) in [6.07, 6.45) is 2.36. The molecule has 118 valence electrons. The Morgan fingerprint density at radius 1 is 1.40 bits per heavy atom. The van der Waals surface area contributed by atoms with Gasteiger partial charge in [0.05, 0.1) is 6.54 Å². The van der Waals surface area contributed by atoms with E-state index in [-0.39, 0.29) is 24.0 Å². The Labute approximate surface area is 149 Å². The number of rotatable bonds is 5. The van der Waals surface area contributed by atoms with Gasteiger partial charge < -0.3 is 15.5 Å². The quantitative estimate of drug-likeness (QED) is 0.378. The van der Waals surface area contributed by atoms with E-state index in [1.807, 2.05) is 0 Å². The van der Waals surface area contributed by atoms with E-state index in [4.69, 9.17) is 0 Å². The molecule has 0 aromatic carbocycles. The van der Waals surface area contributed by atoms with Gasteiger partial charge in [-0.1, -0.05) is 22.5 Å². The van der Waals surface area contributed by atoms with Crippen molar-refractivity contribution in [2.45, 2.75) is 45.7 Å². The molecule has 2 N–H and O–H groups in total. The second-order valence-electron chi connectivity index (χ2n) is 5.26. The zero-order chi connectivity index (χ0) is 14.3. The largest absolute Gasteiger partial charge is 0.357 e. The molecule has 0 bridgehead atoms. The van der Waals surface area contributed by atoms with Crippen LogP contribution in [0.5, 0.6) is 0 Å². The molecule has 0 amide bonds. The van der Waals surface area contributed by atoms with Crippen LogP contribution in [0.2, 0.25) is 0 Å². The molecular weight excluding hydrogens is 431 g/mol. The topological polar surface area (TPSA) is 39.7 Å². The Morgan fingerprint density at radius 2 is 2.00 bits per heavy atom. The molecule has 1 aliphatic rings. The van der Waals surface area contributed by atoms with Crippen molar-refractivity contribution in [3.05, 3.63) is 11.1 Å². The first-order chi connectivity index (χ1) is 9.02. The molecule has 20 heavy (non-hydrogen) atoms. The molecule has 0 radical (unpaired) electrons. The monoisotopic (exact) mass is 458 g/mol. The van der Waals surface area contributed by atoms with Crippen molar-refractivity contribution < 1.29 is 0 Å². The smallest absolute Gasteiger partial charge is 0.191 e. The van der Waals surface area contributed by atoms with Crippen LogP contribution in [0.4, 0.5) is 0 Å². The Morgan fingerprint density at radius 3 is 2.45 bits per heavy atom. The summed E-state index contributed by atoms with van der Waals surface area (Å²) in [5, 5.41) is 6.80. The summed E-state index contributed by atoms with van der Waals surface area (Å²) < 4.78 is 0.902. The lowest BCUT2D eigenvalue weighted by Crippen LogP contribution is -2.49. The molecule has 0 atom stereocenters. The average Bonchev–Trinajstić information content (AvgIpc) is 2.37. The van der Waals surface area contributed by atoms with Gasteiger partial charge in [-0.15, -0.1) is 24.0 Å². The van der Waals surface area contributed by atoms with E-state index in [0.29, 0.717) is 18.6 Å². The predicted octanol–water partition coefficient (Wildman–Crippen LogP) is 2.94. The van der Waals surface area contributed by atoms with Gasteiger partial charge in [0.15, 0.2) is 5.96 Å². The number of piperidine rings is 1. The number of nitrogens with zero attached hydrogens (tertiary/aromatic N) is 2. The second kappa shape index (κ2) is 10.8. The highest BCUT2D eigenvalue weighted by Crippen LogP contribution is 2.12. The SMILES string of the molecule is C=C(Br)CN=C(NCC)NC1CCN(C(C)C)CC1.I. The summed E-state index contributed by atoms with van der Waals surface area (Å²) in [5.74, 6) is 0.895. The van der Waals surface area contributed by atoms with Crippen LogP contribution in [-0.4, -0.2) is 49.1 Å². The van der Waals surface area contributed by atoms with Gasteiger partial charge in [0.25, 0.3) is 0 Å². The standard InChI is InChI=1S/C14H27BrN4.HI/c1-5-16-14(17-10-12(4)15)18-13-6-8-19(9-7-13)11(2)3;/h11,13H,4-10H2,1-3H3,(H2,16,17,18);1H. The number of hydrogen-bond acceptors (Lipinski definition) is 2. The van der Waals surface area contributed by atoms with Gasteiger partial charge in [0.1, 0.15) is 0 Å². The van der Waals surface area contributed by atoms with E-state index >= 15 is 0 Å². The number of nitrogens with one attached hydrogen (secondary N) is 2. The first kappa shape index (κ1) is 20.2. The molecule has 1 rings (SSSR count). The van der Waals surface area contributed by atoms with Crippen molar-refractivity contribution >= 4 is 45.9 Å². The fourth-order valence-corrected chi connectivity index (χ4v) is 2.36. The average molecular weight is 459 g/mol. The Balaban J connectivity index is 0.00000361. The van der Waals surface area contributed by atoms with E-state index < -0.39 is 0 Å². The lowest BCUT2D eigenvalue weighted by Gasteiger charge is -2.35. The third kappa shape index (κ3) is 7.83. The van der Waals surface area contributed by atoms with Crippen molar-refractivity contribution in [2.75, 3.05) is 26.2 Å². The van der Waals surface area contributed by atoms with E-state index in [0.717, 1.165) is 17.0 Å². The predicted molar refractivity (Wildman–Crippen MR) is 102 cm³/mol. The fraction of sp³-hybridized carbons (Fsp3) is 0.786. The number of likely N-dealkylation sites (tertiary alicyclic amines) is 1. The summed E-state index contributed by atoms with van der Waals surface area (Å²) in [6, 6.07) is 1.18. The molecule has 0 aromatic heterocycles. The van der Waals surface area contributed by atoms with Gasteiger partial charge >= 0.3 is 0 Å². The van der Waals surface area contributed by atoms with Crippen molar-refractivity contribution in [1.29, 1.82) is 0 Å². The molecule has 0 spiro atoms. The van der Waals surface area contributed by atoms with Crippen LogP contribution in [0.15, 0.2) is 16.1 Å². The van der Waals surface area contributed by atoms with Crippen LogP contribution in [0.1, 0.15) is 33.6 Å². The molecule has 6 heteroatoms. The van der Waals surface area contributed by atoms with Crippen LogP contribution in [0.25, 0.3) is 0 Å². The van der Waals surface area contributed by atoms with Crippen LogP contribution in [-0.2, 0) is 0 Å². The molecule has 1 fully saturated rings. The normalized spacial score (nSPS) is 17.8. The molecule has 0 aromatic rings. The minimum Gasteiger partial charge on any atom is -0.357 e.